The Labute approximate surface area is 112 Å². The largest absolute Gasteiger partial charge is 0.306 e. The first-order valence-electron chi connectivity index (χ1n) is 3.72. The summed E-state index contributed by atoms with van der Waals surface area (Å²) in [4.78, 5) is 11.5. The van der Waals surface area contributed by atoms with Crippen LogP contribution < -0.4 is 0 Å². The van der Waals surface area contributed by atoms with Crippen LogP contribution in [0.15, 0.2) is 11.1 Å². The fourth-order valence-corrected chi connectivity index (χ4v) is 3.09. The number of alkyl halides is 2. The molecule has 0 N–H and O–H groups in total. The Morgan fingerprint density at radius 3 is 2.41 bits per heavy atom. The van der Waals surface area contributed by atoms with Crippen LogP contribution in [-0.4, -0.2) is 18.3 Å². The van der Waals surface area contributed by atoms with Crippen LogP contribution in [0.3, 0.4) is 0 Å². The standard InChI is InChI=1S/C6H2ClF2IN2O4S/c7-17(15,16)5-3(6(8)9)11-1-2(10)4(5)12(13)14/h1,6H. The molecule has 0 unspecified atom stereocenters. The summed E-state index contributed by atoms with van der Waals surface area (Å²) >= 11 is 1.41. The Hall–Kier alpha value is -0.620. The zero-order valence-corrected chi connectivity index (χ0v) is 11.3. The number of nitrogens with zero attached hydrogens (tertiary/aromatic N) is 2. The minimum absolute atomic E-state index is 0.198. The van der Waals surface area contributed by atoms with E-state index in [-0.39, 0.29) is 3.57 Å². The maximum Gasteiger partial charge on any atom is 0.306 e. The van der Waals surface area contributed by atoms with Gasteiger partial charge in [0, 0.05) is 16.9 Å². The Bertz CT molecular complexity index is 580. The average molecular weight is 399 g/mol. The summed E-state index contributed by atoms with van der Waals surface area (Å²) in [6, 6.07) is 0. The van der Waals surface area contributed by atoms with E-state index in [2.05, 4.69) is 4.98 Å². The number of pyridine rings is 1. The summed E-state index contributed by atoms with van der Waals surface area (Å²) in [5.74, 6) is 0. The average Bonchev–Trinajstić information content (AvgIpc) is 2.14. The Kier molecular flexibility index (Phi) is 4.19. The van der Waals surface area contributed by atoms with Crippen LogP contribution in [0.25, 0.3) is 0 Å². The summed E-state index contributed by atoms with van der Waals surface area (Å²) in [6.45, 7) is 0. The summed E-state index contributed by atoms with van der Waals surface area (Å²) in [6.07, 6.45) is -2.50. The van der Waals surface area contributed by atoms with Gasteiger partial charge in [-0.25, -0.2) is 17.2 Å². The van der Waals surface area contributed by atoms with E-state index in [0.717, 1.165) is 6.20 Å². The van der Waals surface area contributed by atoms with Gasteiger partial charge in [-0.05, 0) is 22.6 Å². The Balaban J connectivity index is 3.82. The van der Waals surface area contributed by atoms with Crippen LogP contribution in [0.2, 0.25) is 0 Å². The van der Waals surface area contributed by atoms with Gasteiger partial charge in [-0.15, -0.1) is 0 Å². The quantitative estimate of drug-likeness (QED) is 0.338. The lowest BCUT2D eigenvalue weighted by atomic mass is 10.3. The van der Waals surface area contributed by atoms with Gasteiger partial charge in [0.05, 0.1) is 4.92 Å². The third kappa shape index (κ3) is 2.98. The molecule has 94 valence electrons. The highest BCUT2D eigenvalue weighted by Crippen LogP contribution is 2.36. The van der Waals surface area contributed by atoms with E-state index in [1.807, 2.05) is 0 Å². The highest BCUT2D eigenvalue weighted by atomic mass is 127. The third-order valence-electron chi connectivity index (χ3n) is 1.62. The lowest BCUT2D eigenvalue weighted by Crippen LogP contribution is -2.08. The molecule has 0 saturated heterocycles. The molecule has 0 bridgehead atoms. The molecule has 0 atom stereocenters. The highest BCUT2D eigenvalue weighted by Gasteiger charge is 2.35. The molecule has 1 aromatic rings. The molecule has 0 aliphatic heterocycles. The molecule has 0 aromatic carbocycles. The van der Waals surface area contributed by atoms with E-state index in [1.54, 1.807) is 0 Å². The van der Waals surface area contributed by atoms with Gasteiger partial charge < -0.3 is 0 Å². The summed E-state index contributed by atoms with van der Waals surface area (Å²) in [7, 11) is 0.227. The summed E-state index contributed by atoms with van der Waals surface area (Å²) in [5, 5.41) is 10.7. The SMILES string of the molecule is O=[N+]([O-])c1c(I)cnc(C(F)F)c1S(=O)(=O)Cl. The van der Waals surface area contributed by atoms with Gasteiger partial charge in [-0.1, -0.05) is 0 Å². The normalized spacial score (nSPS) is 11.8. The molecule has 17 heavy (non-hydrogen) atoms. The molecule has 0 aliphatic carbocycles. The second-order valence-electron chi connectivity index (χ2n) is 2.66. The zero-order chi connectivity index (χ0) is 13.4. The second kappa shape index (κ2) is 4.94. The molecule has 0 radical (unpaired) electrons. The van der Waals surface area contributed by atoms with Crippen molar-refractivity contribution in [2.45, 2.75) is 11.3 Å². The first kappa shape index (κ1) is 14.4. The van der Waals surface area contributed by atoms with Crippen molar-refractivity contribution in [3.05, 3.63) is 25.6 Å². The number of hydrogen-bond donors (Lipinski definition) is 0. The molecule has 1 rings (SSSR count). The Morgan fingerprint density at radius 1 is 1.53 bits per heavy atom. The van der Waals surface area contributed by atoms with Crippen molar-refractivity contribution in [1.29, 1.82) is 0 Å². The van der Waals surface area contributed by atoms with Crippen LogP contribution in [0.1, 0.15) is 12.1 Å². The molecule has 0 aliphatic rings. The lowest BCUT2D eigenvalue weighted by molar-refractivity contribution is -0.389. The topological polar surface area (TPSA) is 90.2 Å². The summed E-state index contributed by atoms with van der Waals surface area (Å²) < 4.78 is 47.1. The smallest absolute Gasteiger partial charge is 0.258 e. The predicted octanol–water partition coefficient (Wildman–Crippen LogP) is 2.46. The molecule has 0 saturated carbocycles. The van der Waals surface area contributed by atoms with Gasteiger partial charge in [0.1, 0.15) is 9.26 Å². The maximum absolute atomic E-state index is 12.5. The fraction of sp³-hybridized carbons (Fsp3) is 0.167. The molecule has 0 fully saturated rings. The van der Waals surface area contributed by atoms with Crippen LogP contribution >= 0.6 is 33.3 Å². The van der Waals surface area contributed by atoms with E-state index in [1.165, 1.54) is 22.6 Å². The van der Waals surface area contributed by atoms with E-state index in [4.69, 9.17) is 10.7 Å². The van der Waals surface area contributed by atoms with Crippen molar-refractivity contribution in [2.24, 2.45) is 0 Å². The highest BCUT2D eigenvalue weighted by molar-refractivity contribution is 14.1. The second-order valence-corrected chi connectivity index (χ2v) is 6.33. The fourth-order valence-electron chi connectivity index (χ4n) is 1.04. The molecular weight excluding hydrogens is 396 g/mol. The molecule has 1 aromatic heterocycles. The van der Waals surface area contributed by atoms with E-state index >= 15 is 0 Å². The number of hydrogen-bond acceptors (Lipinski definition) is 5. The molecule has 1 heterocycles. The van der Waals surface area contributed by atoms with Crippen molar-refractivity contribution >= 4 is 48.0 Å². The first-order chi connectivity index (χ1) is 7.66. The van der Waals surface area contributed by atoms with Crippen molar-refractivity contribution in [1.82, 2.24) is 4.98 Å². The van der Waals surface area contributed by atoms with E-state index in [9.17, 15) is 27.3 Å². The molecule has 0 amide bonds. The van der Waals surface area contributed by atoms with Gasteiger partial charge in [0.2, 0.25) is 0 Å². The first-order valence-corrected chi connectivity index (χ1v) is 7.10. The number of halogens is 4. The number of nitro groups is 1. The monoisotopic (exact) mass is 398 g/mol. The zero-order valence-electron chi connectivity index (χ0n) is 7.60. The van der Waals surface area contributed by atoms with Gasteiger partial charge in [-0.2, -0.15) is 0 Å². The minimum Gasteiger partial charge on any atom is -0.258 e. The van der Waals surface area contributed by atoms with Crippen LogP contribution in [0.4, 0.5) is 14.5 Å². The number of aromatic nitrogens is 1. The van der Waals surface area contributed by atoms with Crippen LogP contribution in [0, 0.1) is 13.7 Å². The van der Waals surface area contributed by atoms with Gasteiger partial charge >= 0.3 is 5.69 Å². The van der Waals surface area contributed by atoms with Crippen molar-refractivity contribution < 1.29 is 22.1 Å². The van der Waals surface area contributed by atoms with Crippen molar-refractivity contribution in [3.8, 4) is 0 Å². The molecule has 11 heteroatoms. The Morgan fingerprint density at radius 2 is 2.06 bits per heavy atom. The van der Waals surface area contributed by atoms with E-state index in [0.29, 0.717) is 0 Å². The molecular formula is C6H2ClF2IN2O4S. The van der Waals surface area contributed by atoms with Crippen LogP contribution in [0.5, 0.6) is 0 Å². The molecule has 0 spiro atoms. The predicted molar refractivity (Wildman–Crippen MR) is 61.6 cm³/mol. The summed E-state index contributed by atoms with van der Waals surface area (Å²) in [5.41, 5.74) is -2.22. The number of rotatable bonds is 3. The molecule has 6 nitrogen and oxygen atoms in total. The van der Waals surface area contributed by atoms with Crippen molar-refractivity contribution in [3.63, 3.8) is 0 Å². The van der Waals surface area contributed by atoms with Gasteiger partial charge in [-0.3, -0.25) is 15.1 Å². The maximum atomic E-state index is 12.5. The van der Waals surface area contributed by atoms with Crippen molar-refractivity contribution in [2.75, 3.05) is 0 Å². The van der Waals surface area contributed by atoms with Gasteiger partial charge in [0.15, 0.2) is 4.90 Å². The van der Waals surface area contributed by atoms with Gasteiger partial charge in [0.25, 0.3) is 15.5 Å². The van der Waals surface area contributed by atoms with E-state index < -0.39 is 36.7 Å². The minimum atomic E-state index is -4.69. The van der Waals surface area contributed by atoms with Crippen LogP contribution in [-0.2, 0) is 9.05 Å². The third-order valence-corrected chi connectivity index (χ3v) is 3.77. The lowest BCUT2D eigenvalue weighted by Gasteiger charge is -2.06.